The number of para-hydroxylation sites is 1. The molecule has 0 spiro atoms. The maximum Gasteiger partial charge on any atom is 0.320 e. The van der Waals surface area contributed by atoms with Gasteiger partial charge in [0.1, 0.15) is 17.3 Å². The van der Waals surface area contributed by atoms with Crippen LogP contribution in [0.25, 0.3) is 16.9 Å². The first-order valence-electron chi connectivity index (χ1n) is 15.5. The van der Waals surface area contributed by atoms with Crippen molar-refractivity contribution in [2.24, 2.45) is 7.05 Å². The number of allylic oxidation sites excluding steroid dienone is 2. The summed E-state index contributed by atoms with van der Waals surface area (Å²) >= 11 is 0. The summed E-state index contributed by atoms with van der Waals surface area (Å²) in [5.74, 6) is -0.261. The maximum absolute atomic E-state index is 14.7. The van der Waals surface area contributed by atoms with Crippen molar-refractivity contribution in [3.8, 4) is 16.9 Å². The second-order valence-electron chi connectivity index (χ2n) is 11.9. The van der Waals surface area contributed by atoms with Crippen molar-refractivity contribution >= 4 is 11.8 Å². The molecule has 0 saturated carbocycles. The number of carbonyl (C=O) groups is 1. The molecular weight excluding hydrogens is 588 g/mol. The molecule has 0 bridgehead atoms. The Morgan fingerprint density at radius 2 is 1.85 bits per heavy atom. The maximum atomic E-state index is 14.7. The third-order valence-corrected chi connectivity index (χ3v) is 8.75. The molecule has 1 fully saturated rings. The predicted molar refractivity (Wildman–Crippen MR) is 174 cm³/mol. The van der Waals surface area contributed by atoms with Gasteiger partial charge in [0, 0.05) is 57.1 Å². The molecule has 0 radical (unpaired) electrons. The van der Waals surface area contributed by atoms with E-state index in [9.17, 15) is 13.6 Å². The van der Waals surface area contributed by atoms with Crippen molar-refractivity contribution in [3.05, 3.63) is 108 Å². The quantitative estimate of drug-likeness (QED) is 0.216. The third kappa shape index (κ3) is 6.66. The predicted octanol–water partition coefficient (Wildman–Crippen LogP) is 6.27. The first-order valence-corrected chi connectivity index (χ1v) is 15.5. The van der Waals surface area contributed by atoms with Gasteiger partial charge >= 0.3 is 6.03 Å². The van der Waals surface area contributed by atoms with Gasteiger partial charge in [-0.05, 0) is 49.1 Å². The van der Waals surface area contributed by atoms with Crippen molar-refractivity contribution in [2.75, 3.05) is 19.0 Å². The van der Waals surface area contributed by atoms with Crippen molar-refractivity contribution < 1.29 is 18.3 Å². The fourth-order valence-corrected chi connectivity index (χ4v) is 6.53. The van der Waals surface area contributed by atoms with Crippen molar-refractivity contribution in [2.45, 2.75) is 57.0 Å². The number of alkyl halides is 1. The molecular formula is C35H39F2N7O2. The number of urea groups is 1. The van der Waals surface area contributed by atoms with Gasteiger partial charge < -0.3 is 10.1 Å². The van der Waals surface area contributed by atoms with Gasteiger partial charge in [0.25, 0.3) is 0 Å². The molecule has 1 aliphatic heterocycles. The summed E-state index contributed by atoms with van der Waals surface area (Å²) < 4.78 is 37.8. The van der Waals surface area contributed by atoms with E-state index in [0.717, 1.165) is 28.8 Å². The number of amides is 2. The lowest BCUT2D eigenvalue weighted by atomic mass is 9.93. The van der Waals surface area contributed by atoms with E-state index >= 15 is 0 Å². The van der Waals surface area contributed by atoms with Crippen LogP contribution < -0.4 is 10.6 Å². The zero-order valence-corrected chi connectivity index (χ0v) is 26.2. The average molecular weight is 628 g/mol. The van der Waals surface area contributed by atoms with Crippen LogP contribution in [0.15, 0.2) is 96.6 Å². The number of ether oxygens (including phenoxy) is 1. The summed E-state index contributed by atoms with van der Waals surface area (Å²) in [5.41, 5.74) is 4.86. The molecule has 2 amide bonds. The first kappa shape index (κ1) is 31.4. The van der Waals surface area contributed by atoms with E-state index < -0.39 is 18.0 Å². The third-order valence-electron chi connectivity index (χ3n) is 8.75. The normalized spacial score (nSPS) is 21.6. The SMILES string of the molecule is COCCC1C[C@@H](NC(=O)Nc2c(C)c(-c3cnn(C)c3)nn2-c2ccccc2)[C@H](C2=CCC(F)C(F)=C2)N1Cc1ccccc1. The Balaban J connectivity index is 1.32. The van der Waals surface area contributed by atoms with Crippen LogP contribution in [0.4, 0.5) is 19.4 Å². The summed E-state index contributed by atoms with van der Waals surface area (Å²) in [6.45, 7) is 3.03. The topological polar surface area (TPSA) is 89.2 Å². The number of hydrogen-bond donors (Lipinski definition) is 2. The number of aryl methyl sites for hydroxylation is 1. The second kappa shape index (κ2) is 13.8. The fraction of sp³-hybridized carbons (Fsp3) is 0.343. The highest BCUT2D eigenvalue weighted by Crippen LogP contribution is 2.37. The Hall–Kier alpha value is -4.61. The Bertz CT molecular complexity index is 1720. The number of halogens is 2. The molecule has 3 heterocycles. The number of benzene rings is 2. The minimum atomic E-state index is -1.65. The highest BCUT2D eigenvalue weighted by Gasteiger charge is 2.44. The number of aromatic nitrogens is 4. The summed E-state index contributed by atoms with van der Waals surface area (Å²) in [6, 6.07) is 18.5. The van der Waals surface area contributed by atoms with Crippen molar-refractivity contribution in [1.82, 2.24) is 29.8 Å². The highest BCUT2D eigenvalue weighted by atomic mass is 19.2. The molecule has 1 aliphatic carbocycles. The van der Waals surface area contributed by atoms with Gasteiger partial charge in [-0.2, -0.15) is 10.2 Å². The van der Waals surface area contributed by atoms with Gasteiger partial charge in [-0.3, -0.25) is 14.9 Å². The van der Waals surface area contributed by atoms with Gasteiger partial charge in [0.05, 0.1) is 24.0 Å². The standard InChI is InChI=1S/C35H39F2N7O2/c1-23-32(26-20-38-42(2)22-26)41-44(27-12-8-5-9-13-27)34(23)40-35(45)39-31-19-28(16-17-46-3)43(21-24-10-6-4-7-11-24)33(31)25-14-15-29(36)30(37)18-25/h4-14,18,20,22,28-29,31,33H,15-17,19,21H2,1-3H3,(H2,39,40,45)/t28?,29?,31-,33+/m1/s1. The largest absolute Gasteiger partial charge is 0.385 e. The lowest BCUT2D eigenvalue weighted by Crippen LogP contribution is -2.48. The molecule has 9 nitrogen and oxygen atoms in total. The van der Waals surface area contributed by atoms with Crippen LogP contribution in [0.2, 0.25) is 0 Å². The van der Waals surface area contributed by atoms with E-state index in [0.29, 0.717) is 36.7 Å². The minimum Gasteiger partial charge on any atom is -0.385 e. The fourth-order valence-electron chi connectivity index (χ4n) is 6.53. The van der Waals surface area contributed by atoms with Crippen LogP contribution in [0.3, 0.4) is 0 Å². The molecule has 2 aromatic heterocycles. The van der Waals surface area contributed by atoms with Gasteiger partial charge in [-0.25, -0.2) is 18.3 Å². The van der Waals surface area contributed by atoms with Crippen LogP contribution in [0, 0.1) is 6.92 Å². The van der Waals surface area contributed by atoms with E-state index in [-0.39, 0.29) is 24.5 Å². The number of nitrogens with one attached hydrogen (secondary N) is 2. The molecule has 2 aromatic carbocycles. The van der Waals surface area contributed by atoms with Gasteiger partial charge in [-0.1, -0.05) is 54.6 Å². The zero-order valence-electron chi connectivity index (χ0n) is 26.2. The van der Waals surface area contributed by atoms with E-state index in [4.69, 9.17) is 9.84 Å². The summed E-state index contributed by atoms with van der Waals surface area (Å²) in [5, 5.41) is 15.4. The van der Waals surface area contributed by atoms with Crippen LogP contribution in [0.5, 0.6) is 0 Å². The average Bonchev–Trinajstić information content (AvgIpc) is 3.73. The van der Waals surface area contributed by atoms with Gasteiger partial charge in [0.15, 0.2) is 6.17 Å². The Morgan fingerprint density at radius 3 is 2.52 bits per heavy atom. The van der Waals surface area contributed by atoms with Crippen LogP contribution >= 0.6 is 0 Å². The minimum absolute atomic E-state index is 0.0321. The molecule has 11 heteroatoms. The van der Waals surface area contributed by atoms with E-state index in [2.05, 4.69) is 32.8 Å². The number of rotatable bonds is 10. The van der Waals surface area contributed by atoms with E-state index in [1.165, 1.54) is 6.08 Å². The molecule has 46 heavy (non-hydrogen) atoms. The molecule has 4 atom stereocenters. The smallest absolute Gasteiger partial charge is 0.320 e. The number of nitrogens with zero attached hydrogens (tertiary/aromatic N) is 5. The molecule has 1 saturated heterocycles. The number of carbonyl (C=O) groups excluding carboxylic acids is 1. The Morgan fingerprint density at radius 1 is 1.11 bits per heavy atom. The van der Waals surface area contributed by atoms with Crippen LogP contribution in [-0.4, -0.2) is 68.5 Å². The van der Waals surface area contributed by atoms with Crippen LogP contribution in [0.1, 0.15) is 30.4 Å². The van der Waals surface area contributed by atoms with E-state index in [1.807, 2.05) is 68.7 Å². The van der Waals surface area contributed by atoms with E-state index in [1.54, 1.807) is 28.7 Å². The molecule has 2 N–H and O–H groups in total. The van der Waals surface area contributed by atoms with Gasteiger partial charge in [-0.15, -0.1) is 0 Å². The monoisotopic (exact) mass is 627 g/mol. The first-order chi connectivity index (χ1) is 22.3. The Kier molecular flexibility index (Phi) is 9.41. The van der Waals surface area contributed by atoms with Crippen LogP contribution in [-0.2, 0) is 18.3 Å². The molecule has 4 aromatic rings. The number of hydrogen-bond acceptors (Lipinski definition) is 5. The summed E-state index contributed by atoms with van der Waals surface area (Å²) in [7, 11) is 3.51. The molecule has 240 valence electrons. The second-order valence-corrected chi connectivity index (χ2v) is 11.9. The number of anilines is 1. The van der Waals surface area contributed by atoms with Gasteiger partial charge in [0.2, 0.25) is 0 Å². The molecule has 6 rings (SSSR count). The summed E-state index contributed by atoms with van der Waals surface area (Å²) in [4.78, 5) is 16.2. The van der Waals surface area contributed by atoms with Crippen molar-refractivity contribution in [1.29, 1.82) is 0 Å². The number of likely N-dealkylation sites (tertiary alicyclic amines) is 1. The molecule has 2 unspecified atom stereocenters. The number of methoxy groups -OCH3 is 1. The molecule has 2 aliphatic rings. The lowest BCUT2D eigenvalue weighted by molar-refractivity contribution is 0.136. The lowest BCUT2D eigenvalue weighted by Gasteiger charge is -2.34. The Labute approximate surface area is 267 Å². The van der Waals surface area contributed by atoms with Crippen molar-refractivity contribution in [3.63, 3.8) is 0 Å². The zero-order chi connectivity index (χ0) is 32.2. The highest BCUT2D eigenvalue weighted by molar-refractivity contribution is 5.91. The summed E-state index contributed by atoms with van der Waals surface area (Å²) in [6.07, 6.45) is 6.32.